The number of ether oxygens (including phenoxy) is 3. The quantitative estimate of drug-likeness (QED) is 0.498. The van der Waals surface area contributed by atoms with Gasteiger partial charge in [0.05, 0.1) is 19.8 Å². The first-order valence-electron chi connectivity index (χ1n) is 8.03. The highest BCUT2D eigenvalue weighted by molar-refractivity contribution is 6.00. The lowest BCUT2D eigenvalue weighted by atomic mass is 10.1. The predicted molar refractivity (Wildman–Crippen MR) is 98.1 cm³/mol. The fraction of sp³-hybridized carbons (Fsp3) is 0.143. The maximum atomic E-state index is 12.3. The maximum absolute atomic E-state index is 12.3. The lowest BCUT2D eigenvalue weighted by molar-refractivity contribution is 0.0475. The van der Waals surface area contributed by atoms with E-state index in [9.17, 15) is 9.59 Å². The number of hydrogen-bond donors (Lipinski definition) is 0. The third-order valence-corrected chi connectivity index (χ3v) is 4.03. The summed E-state index contributed by atoms with van der Waals surface area (Å²) in [5.74, 6) is 0.112. The molecule has 0 aliphatic carbocycles. The highest BCUT2D eigenvalue weighted by Gasteiger charge is 2.14. The molecule has 0 spiro atoms. The van der Waals surface area contributed by atoms with Crippen molar-refractivity contribution in [1.29, 1.82) is 0 Å². The zero-order valence-electron chi connectivity index (χ0n) is 14.5. The topological polar surface area (TPSA) is 61.8 Å². The number of hydrogen-bond acceptors (Lipinski definition) is 5. The molecule has 0 heterocycles. The van der Waals surface area contributed by atoms with Gasteiger partial charge in [0.15, 0.2) is 23.9 Å². The number of carbonyl (C=O) groups is 2. The molecular weight excluding hydrogens is 332 g/mol. The molecule has 0 aliphatic heterocycles. The van der Waals surface area contributed by atoms with Crippen LogP contribution in [-0.4, -0.2) is 32.6 Å². The van der Waals surface area contributed by atoms with Crippen LogP contribution < -0.4 is 9.47 Å². The number of esters is 1. The van der Waals surface area contributed by atoms with E-state index in [-0.39, 0.29) is 12.4 Å². The summed E-state index contributed by atoms with van der Waals surface area (Å²) in [6.45, 7) is -0.346. The molecule has 3 aromatic rings. The maximum Gasteiger partial charge on any atom is 0.338 e. The summed E-state index contributed by atoms with van der Waals surface area (Å²) < 4.78 is 15.5. The minimum atomic E-state index is -0.537. The molecular formula is C21H18O5. The van der Waals surface area contributed by atoms with Gasteiger partial charge < -0.3 is 14.2 Å². The molecule has 0 saturated carbocycles. The van der Waals surface area contributed by atoms with Gasteiger partial charge in [0.1, 0.15) is 0 Å². The number of Topliss-reactive ketones (excluding diaryl/α,β-unsaturated/α-hetero) is 1. The van der Waals surface area contributed by atoms with E-state index in [1.54, 1.807) is 30.3 Å². The summed E-state index contributed by atoms with van der Waals surface area (Å²) in [5.41, 5.74) is 0.790. The highest BCUT2D eigenvalue weighted by Crippen LogP contribution is 2.27. The van der Waals surface area contributed by atoms with Crippen LogP contribution in [0.4, 0.5) is 0 Å². The number of benzene rings is 3. The Hall–Kier alpha value is -3.34. The second-order valence-electron chi connectivity index (χ2n) is 5.63. The first-order valence-corrected chi connectivity index (χ1v) is 8.03. The van der Waals surface area contributed by atoms with E-state index in [1.807, 2.05) is 30.3 Å². The number of fused-ring (bicyclic) bond motifs is 1. The minimum absolute atomic E-state index is 0.319. The molecule has 0 N–H and O–H groups in total. The Morgan fingerprint density at radius 2 is 1.46 bits per heavy atom. The van der Waals surface area contributed by atoms with E-state index in [2.05, 4.69) is 0 Å². The Balaban J connectivity index is 1.69. The first kappa shape index (κ1) is 17.5. The molecule has 132 valence electrons. The van der Waals surface area contributed by atoms with Crippen LogP contribution in [0.15, 0.2) is 60.7 Å². The van der Waals surface area contributed by atoms with Crippen LogP contribution >= 0.6 is 0 Å². The molecule has 0 fully saturated rings. The molecule has 0 radical (unpaired) electrons. The van der Waals surface area contributed by atoms with E-state index in [1.165, 1.54) is 14.2 Å². The van der Waals surface area contributed by atoms with E-state index < -0.39 is 5.97 Å². The van der Waals surface area contributed by atoms with Crippen molar-refractivity contribution >= 4 is 22.5 Å². The monoisotopic (exact) mass is 350 g/mol. The van der Waals surface area contributed by atoms with Crippen molar-refractivity contribution in [3.8, 4) is 11.5 Å². The van der Waals surface area contributed by atoms with Crippen LogP contribution in [0, 0.1) is 0 Å². The SMILES string of the molecule is COc1ccc(C(=O)COC(=O)c2ccc3ccccc3c2)cc1OC. The molecule has 0 bridgehead atoms. The van der Waals surface area contributed by atoms with Crippen molar-refractivity contribution in [2.75, 3.05) is 20.8 Å². The zero-order chi connectivity index (χ0) is 18.5. The summed E-state index contributed by atoms with van der Waals surface area (Å²) in [4.78, 5) is 24.5. The molecule has 0 amide bonds. The molecule has 0 saturated heterocycles. The smallest absolute Gasteiger partial charge is 0.338 e. The van der Waals surface area contributed by atoms with Gasteiger partial charge in [0, 0.05) is 5.56 Å². The second kappa shape index (κ2) is 7.70. The molecule has 26 heavy (non-hydrogen) atoms. The van der Waals surface area contributed by atoms with E-state index in [4.69, 9.17) is 14.2 Å². The average Bonchev–Trinajstić information content (AvgIpc) is 2.70. The molecule has 0 atom stereocenters. The van der Waals surface area contributed by atoms with Crippen molar-refractivity contribution < 1.29 is 23.8 Å². The summed E-state index contributed by atoms with van der Waals surface area (Å²) in [6.07, 6.45) is 0. The second-order valence-corrected chi connectivity index (χ2v) is 5.63. The van der Waals surface area contributed by atoms with Crippen molar-refractivity contribution in [3.63, 3.8) is 0 Å². The van der Waals surface area contributed by atoms with Crippen molar-refractivity contribution in [2.45, 2.75) is 0 Å². The summed E-state index contributed by atoms with van der Waals surface area (Å²) in [5, 5.41) is 1.97. The van der Waals surface area contributed by atoms with Crippen LogP contribution in [0.3, 0.4) is 0 Å². The first-order chi connectivity index (χ1) is 12.6. The lowest BCUT2D eigenvalue weighted by Crippen LogP contribution is -2.14. The largest absolute Gasteiger partial charge is 0.493 e. The van der Waals surface area contributed by atoms with Gasteiger partial charge in [-0.2, -0.15) is 0 Å². The Bertz CT molecular complexity index is 962. The van der Waals surface area contributed by atoms with Gasteiger partial charge in [0.2, 0.25) is 0 Å². The van der Waals surface area contributed by atoms with E-state index in [0.29, 0.717) is 22.6 Å². The third-order valence-electron chi connectivity index (χ3n) is 4.03. The van der Waals surface area contributed by atoms with Gasteiger partial charge in [-0.25, -0.2) is 4.79 Å². The number of ketones is 1. The van der Waals surface area contributed by atoms with E-state index >= 15 is 0 Å². The summed E-state index contributed by atoms with van der Waals surface area (Å²) >= 11 is 0. The van der Waals surface area contributed by atoms with Crippen LogP contribution in [0.1, 0.15) is 20.7 Å². The van der Waals surface area contributed by atoms with Crippen LogP contribution in [-0.2, 0) is 4.74 Å². The third kappa shape index (κ3) is 3.67. The van der Waals surface area contributed by atoms with Gasteiger partial charge in [-0.3, -0.25) is 4.79 Å². The minimum Gasteiger partial charge on any atom is -0.493 e. The Kier molecular flexibility index (Phi) is 5.17. The van der Waals surface area contributed by atoms with Crippen LogP contribution in [0.5, 0.6) is 11.5 Å². The van der Waals surface area contributed by atoms with E-state index in [0.717, 1.165) is 10.8 Å². The zero-order valence-corrected chi connectivity index (χ0v) is 14.5. The molecule has 3 rings (SSSR count). The van der Waals surface area contributed by atoms with Crippen molar-refractivity contribution in [1.82, 2.24) is 0 Å². The van der Waals surface area contributed by atoms with Gasteiger partial charge >= 0.3 is 5.97 Å². The molecule has 0 aliphatic rings. The number of methoxy groups -OCH3 is 2. The van der Waals surface area contributed by atoms with Gasteiger partial charge in [-0.1, -0.05) is 30.3 Å². The normalized spacial score (nSPS) is 10.4. The molecule has 3 aromatic carbocycles. The Morgan fingerprint density at radius 3 is 2.19 bits per heavy atom. The van der Waals surface area contributed by atoms with Crippen LogP contribution in [0.25, 0.3) is 10.8 Å². The highest BCUT2D eigenvalue weighted by atomic mass is 16.5. The van der Waals surface area contributed by atoms with Gasteiger partial charge in [-0.15, -0.1) is 0 Å². The standard InChI is InChI=1S/C21H18O5/c1-24-19-10-9-16(12-20(19)25-2)18(22)13-26-21(23)17-8-7-14-5-3-4-6-15(14)11-17/h3-12H,13H2,1-2H3. The van der Waals surface area contributed by atoms with Gasteiger partial charge in [-0.05, 0) is 41.1 Å². The number of carbonyl (C=O) groups excluding carboxylic acids is 2. The molecule has 0 unspecified atom stereocenters. The lowest BCUT2D eigenvalue weighted by Gasteiger charge is -2.09. The number of rotatable bonds is 6. The Morgan fingerprint density at radius 1 is 0.769 bits per heavy atom. The summed E-state index contributed by atoms with van der Waals surface area (Å²) in [6, 6.07) is 17.8. The molecule has 0 aromatic heterocycles. The molecule has 5 heteroatoms. The van der Waals surface area contributed by atoms with Gasteiger partial charge in [0.25, 0.3) is 0 Å². The van der Waals surface area contributed by atoms with Crippen molar-refractivity contribution in [3.05, 3.63) is 71.8 Å². The van der Waals surface area contributed by atoms with Crippen molar-refractivity contribution in [2.24, 2.45) is 0 Å². The predicted octanol–water partition coefficient (Wildman–Crippen LogP) is 3.90. The fourth-order valence-electron chi connectivity index (χ4n) is 2.62. The molecule has 5 nitrogen and oxygen atoms in total. The Labute approximate surface area is 151 Å². The average molecular weight is 350 g/mol. The van der Waals surface area contributed by atoms with Crippen LogP contribution in [0.2, 0.25) is 0 Å². The summed E-state index contributed by atoms with van der Waals surface area (Å²) in [7, 11) is 3.01. The fourth-order valence-corrected chi connectivity index (χ4v) is 2.62.